The van der Waals surface area contributed by atoms with E-state index in [-0.39, 0.29) is 6.04 Å². The summed E-state index contributed by atoms with van der Waals surface area (Å²) in [5.74, 6) is 0.665. The van der Waals surface area contributed by atoms with Crippen molar-refractivity contribution in [3.63, 3.8) is 0 Å². The average Bonchev–Trinajstić information content (AvgIpc) is 2.64. The number of nitrogens with zero attached hydrogens (tertiary/aromatic N) is 3. The Morgan fingerprint density at radius 2 is 2.25 bits per heavy atom. The van der Waals surface area contributed by atoms with Crippen molar-refractivity contribution in [2.24, 2.45) is 10.7 Å². The highest BCUT2D eigenvalue weighted by Crippen LogP contribution is 2.17. The van der Waals surface area contributed by atoms with Gasteiger partial charge in [0.2, 0.25) is 0 Å². The van der Waals surface area contributed by atoms with Crippen molar-refractivity contribution in [2.45, 2.75) is 45.7 Å². The van der Waals surface area contributed by atoms with E-state index in [0.29, 0.717) is 12.0 Å². The molecule has 1 unspecified atom stereocenters. The van der Waals surface area contributed by atoms with Gasteiger partial charge in [-0.05, 0) is 39.8 Å². The van der Waals surface area contributed by atoms with Crippen LogP contribution in [0.2, 0.25) is 0 Å². The van der Waals surface area contributed by atoms with Gasteiger partial charge < -0.3 is 10.6 Å². The lowest BCUT2D eigenvalue weighted by molar-refractivity contribution is 0.234. The minimum Gasteiger partial charge on any atom is -0.370 e. The molecule has 0 amide bonds. The minimum absolute atomic E-state index is 0.272. The van der Waals surface area contributed by atoms with Crippen LogP contribution in [0.4, 0.5) is 0 Å². The first-order chi connectivity index (χ1) is 7.54. The van der Waals surface area contributed by atoms with Gasteiger partial charge in [-0.3, -0.25) is 9.89 Å². The Labute approximate surface area is 99.5 Å². The molecule has 16 heavy (non-hydrogen) atoms. The predicted octanol–water partition coefficient (Wildman–Crippen LogP) is 1.13. The molecule has 0 radical (unpaired) electrons. The zero-order valence-electron chi connectivity index (χ0n) is 11.1. The Balaban J connectivity index is 2.47. The van der Waals surface area contributed by atoms with Crippen LogP contribution < -0.4 is 5.73 Å². The summed E-state index contributed by atoms with van der Waals surface area (Å²) in [6, 6.07) is 0.921. The molecule has 4 heteroatoms. The zero-order valence-corrected chi connectivity index (χ0v) is 11.1. The van der Waals surface area contributed by atoms with Crippen molar-refractivity contribution in [3.8, 4) is 0 Å². The second-order valence-corrected chi connectivity index (χ2v) is 4.89. The molecule has 0 aliphatic carbocycles. The third-order valence-corrected chi connectivity index (χ3v) is 3.17. The molecular formula is C12H26N4. The topological polar surface area (TPSA) is 44.9 Å². The number of likely N-dealkylation sites (tertiary alicyclic amines) is 1. The number of hydrogen-bond donors (Lipinski definition) is 1. The monoisotopic (exact) mass is 226 g/mol. The van der Waals surface area contributed by atoms with Crippen LogP contribution in [0.1, 0.15) is 33.6 Å². The molecule has 0 bridgehead atoms. The maximum atomic E-state index is 5.94. The zero-order chi connectivity index (χ0) is 12.1. The molecule has 0 aromatic heterocycles. The van der Waals surface area contributed by atoms with E-state index >= 15 is 0 Å². The standard InChI is InChI=1S/C12H26N4/c1-5-16-8-6-7-11(16)9-15(4)12(13)14-10(2)3/h10-11H,5-9H2,1-4H3,(H2,13,14). The first-order valence-electron chi connectivity index (χ1n) is 6.33. The number of likely N-dealkylation sites (N-methyl/N-ethyl adjacent to an activating group) is 2. The van der Waals surface area contributed by atoms with Crippen molar-refractivity contribution in [1.29, 1.82) is 0 Å². The van der Waals surface area contributed by atoms with Crippen LogP contribution in [0.5, 0.6) is 0 Å². The second kappa shape index (κ2) is 6.09. The summed E-state index contributed by atoms with van der Waals surface area (Å²) in [6.07, 6.45) is 2.60. The van der Waals surface area contributed by atoms with Gasteiger partial charge in [0.25, 0.3) is 0 Å². The van der Waals surface area contributed by atoms with Gasteiger partial charge in [-0.1, -0.05) is 6.92 Å². The fraction of sp³-hybridized carbons (Fsp3) is 0.917. The van der Waals surface area contributed by atoms with Gasteiger partial charge in [0.15, 0.2) is 5.96 Å². The number of guanidine groups is 1. The van der Waals surface area contributed by atoms with Gasteiger partial charge in [-0.2, -0.15) is 0 Å². The molecule has 1 saturated heterocycles. The molecule has 0 spiro atoms. The SMILES string of the molecule is CCN1CCCC1CN(C)C(N)=NC(C)C. The highest BCUT2D eigenvalue weighted by Gasteiger charge is 2.24. The van der Waals surface area contributed by atoms with Crippen LogP contribution in [0, 0.1) is 0 Å². The van der Waals surface area contributed by atoms with E-state index in [9.17, 15) is 0 Å². The van der Waals surface area contributed by atoms with Gasteiger partial charge in [0.05, 0.1) is 0 Å². The van der Waals surface area contributed by atoms with E-state index in [1.165, 1.54) is 19.4 Å². The van der Waals surface area contributed by atoms with Crippen molar-refractivity contribution in [2.75, 3.05) is 26.7 Å². The van der Waals surface area contributed by atoms with E-state index in [4.69, 9.17) is 5.73 Å². The largest absolute Gasteiger partial charge is 0.370 e. The van der Waals surface area contributed by atoms with Crippen LogP contribution in [0.25, 0.3) is 0 Å². The summed E-state index contributed by atoms with van der Waals surface area (Å²) in [4.78, 5) is 8.98. The van der Waals surface area contributed by atoms with E-state index in [0.717, 1.165) is 13.1 Å². The summed E-state index contributed by atoms with van der Waals surface area (Å²) in [5, 5.41) is 0. The van der Waals surface area contributed by atoms with Crippen LogP contribution in [0.15, 0.2) is 4.99 Å². The van der Waals surface area contributed by atoms with Crippen molar-refractivity contribution in [1.82, 2.24) is 9.80 Å². The Bertz CT molecular complexity index is 237. The van der Waals surface area contributed by atoms with Crippen molar-refractivity contribution >= 4 is 5.96 Å². The van der Waals surface area contributed by atoms with Crippen molar-refractivity contribution < 1.29 is 0 Å². The smallest absolute Gasteiger partial charge is 0.191 e. The van der Waals surface area contributed by atoms with Crippen LogP contribution in [0.3, 0.4) is 0 Å². The van der Waals surface area contributed by atoms with Gasteiger partial charge in [0.1, 0.15) is 0 Å². The Kier molecular flexibility index (Phi) is 5.06. The first kappa shape index (κ1) is 13.3. The van der Waals surface area contributed by atoms with E-state index in [1.807, 2.05) is 7.05 Å². The Hall–Kier alpha value is -0.770. The van der Waals surface area contributed by atoms with Crippen LogP contribution >= 0.6 is 0 Å². The lowest BCUT2D eigenvalue weighted by Crippen LogP contribution is -2.44. The molecule has 2 N–H and O–H groups in total. The molecule has 1 aliphatic heterocycles. The summed E-state index contributed by atoms with van der Waals surface area (Å²) >= 11 is 0. The summed E-state index contributed by atoms with van der Waals surface area (Å²) in [5.41, 5.74) is 5.94. The second-order valence-electron chi connectivity index (χ2n) is 4.89. The number of nitrogens with two attached hydrogens (primary N) is 1. The third-order valence-electron chi connectivity index (χ3n) is 3.17. The van der Waals surface area contributed by atoms with Crippen LogP contribution in [-0.2, 0) is 0 Å². The number of aliphatic imine (C=N–C) groups is 1. The average molecular weight is 226 g/mol. The number of hydrogen-bond acceptors (Lipinski definition) is 2. The van der Waals surface area contributed by atoms with Gasteiger partial charge in [-0.15, -0.1) is 0 Å². The Morgan fingerprint density at radius 3 is 2.81 bits per heavy atom. The van der Waals surface area contributed by atoms with E-state index in [1.54, 1.807) is 0 Å². The predicted molar refractivity (Wildman–Crippen MR) is 69.7 cm³/mol. The lowest BCUT2D eigenvalue weighted by Gasteiger charge is -2.28. The van der Waals surface area contributed by atoms with E-state index < -0.39 is 0 Å². The molecule has 94 valence electrons. The summed E-state index contributed by atoms with van der Waals surface area (Å²) < 4.78 is 0. The highest BCUT2D eigenvalue weighted by molar-refractivity contribution is 5.77. The molecule has 1 heterocycles. The molecule has 0 aromatic carbocycles. The molecular weight excluding hydrogens is 200 g/mol. The summed E-state index contributed by atoms with van der Waals surface area (Å²) in [6.45, 7) is 9.69. The molecule has 4 nitrogen and oxygen atoms in total. The number of rotatable bonds is 4. The highest BCUT2D eigenvalue weighted by atomic mass is 15.3. The minimum atomic E-state index is 0.272. The van der Waals surface area contributed by atoms with E-state index in [2.05, 4.69) is 35.6 Å². The quantitative estimate of drug-likeness (QED) is 0.577. The van der Waals surface area contributed by atoms with Gasteiger partial charge in [-0.25, -0.2) is 0 Å². The maximum Gasteiger partial charge on any atom is 0.191 e. The van der Waals surface area contributed by atoms with Gasteiger partial charge in [0, 0.05) is 25.7 Å². The van der Waals surface area contributed by atoms with Crippen LogP contribution in [-0.4, -0.2) is 54.5 Å². The molecule has 1 aliphatic rings. The van der Waals surface area contributed by atoms with Crippen molar-refractivity contribution in [3.05, 3.63) is 0 Å². The molecule has 1 fully saturated rings. The molecule has 1 atom stereocenters. The normalized spacial score (nSPS) is 23.1. The molecule has 0 aromatic rings. The molecule has 0 saturated carbocycles. The first-order valence-corrected chi connectivity index (χ1v) is 6.33. The maximum absolute atomic E-state index is 5.94. The third kappa shape index (κ3) is 3.67. The van der Waals surface area contributed by atoms with Gasteiger partial charge >= 0.3 is 0 Å². The summed E-state index contributed by atoms with van der Waals surface area (Å²) in [7, 11) is 2.04. The lowest BCUT2D eigenvalue weighted by atomic mass is 10.2. The molecule has 1 rings (SSSR count). The fourth-order valence-electron chi connectivity index (χ4n) is 2.29. The Morgan fingerprint density at radius 1 is 1.56 bits per heavy atom. The fourth-order valence-corrected chi connectivity index (χ4v) is 2.29.